The lowest BCUT2D eigenvalue weighted by atomic mass is 10.2. The number of amides is 1. The van der Waals surface area contributed by atoms with Crippen LogP contribution in [0.15, 0.2) is 47.4 Å². The van der Waals surface area contributed by atoms with Crippen molar-refractivity contribution in [3.05, 3.63) is 63.5 Å². The Morgan fingerprint density at radius 3 is 2.96 bits per heavy atom. The number of benzene rings is 1. The third kappa shape index (κ3) is 2.45. The molecule has 0 aliphatic carbocycles. The van der Waals surface area contributed by atoms with Crippen molar-refractivity contribution in [1.82, 2.24) is 14.9 Å². The van der Waals surface area contributed by atoms with Gasteiger partial charge in [-0.05, 0) is 37.1 Å². The molecule has 0 bridgehead atoms. The van der Waals surface area contributed by atoms with Crippen molar-refractivity contribution < 1.29 is 4.79 Å². The molecule has 4 rings (SSSR count). The maximum absolute atomic E-state index is 12.7. The van der Waals surface area contributed by atoms with Gasteiger partial charge in [0.25, 0.3) is 11.5 Å². The minimum absolute atomic E-state index is 0.0421. The molecule has 1 aliphatic heterocycles. The van der Waals surface area contributed by atoms with Gasteiger partial charge in [-0.1, -0.05) is 12.1 Å². The SMILES string of the molecule is O=C(c1ccc[nH]c1=O)N1CCC[C@@H]1c1nc2ccccc2s1. The van der Waals surface area contributed by atoms with E-state index in [4.69, 9.17) is 0 Å². The Morgan fingerprint density at radius 2 is 2.13 bits per heavy atom. The standard InChI is InChI=1S/C17H15N3O2S/c21-15-11(5-3-9-18-15)17(22)20-10-4-7-13(20)16-19-12-6-1-2-8-14(12)23-16/h1-3,5-6,8-9,13H,4,7,10H2,(H,18,21)/t13-/m1/s1. The van der Waals surface area contributed by atoms with Crippen LogP contribution in [0.3, 0.4) is 0 Å². The Bertz CT molecular complexity index is 897. The second-order valence-electron chi connectivity index (χ2n) is 5.59. The summed E-state index contributed by atoms with van der Waals surface area (Å²) in [6.07, 6.45) is 3.35. The minimum atomic E-state index is -0.340. The van der Waals surface area contributed by atoms with Gasteiger partial charge in [-0.3, -0.25) is 9.59 Å². The Labute approximate surface area is 136 Å². The number of carbonyl (C=O) groups excluding carboxylic acids is 1. The molecule has 5 nitrogen and oxygen atoms in total. The summed E-state index contributed by atoms with van der Waals surface area (Å²) in [6.45, 7) is 0.660. The average molecular weight is 325 g/mol. The van der Waals surface area contributed by atoms with Gasteiger partial charge >= 0.3 is 0 Å². The molecule has 0 radical (unpaired) electrons. The number of para-hydroxylation sites is 1. The van der Waals surface area contributed by atoms with E-state index in [1.165, 1.54) is 6.20 Å². The van der Waals surface area contributed by atoms with Gasteiger partial charge in [0.2, 0.25) is 0 Å². The van der Waals surface area contributed by atoms with E-state index in [9.17, 15) is 9.59 Å². The van der Waals surface area contributed by atoms with Gasteiger partial charge in [-0.25, -0.2) is 4.98 Å². The molecule has 6 heteroatoms. The van der Waals surface area contributed by atoms with Gasteiger partial charge in [-0.2, -0.15) is 0 Å². The number of hydrogen-bond acceptors (Lipinski definition) is 4. The first kappa shape index (κ1) is 14.1. The van der Waals surface area contributed by atoms with Crippen LogP contribution in [0.4, 0.5) is 0 Å². The molecule has 1 fully saturated rings. The van der Waals surface area contributed by atoms with Crippen LogP contribution in [0.5, 0.6) is 0 Å². The second-order valence-corrected chi connectivity index (χ2v) is 6.65. The molecule has 23 heavy (non-hydrogen) atoms. The van der Waals surface area contributed by atoms with Crippen molar-refractivity contribution in [3.8, 4) is 0 Å². The van der Waals surface area contributed by atoms with Crippen molar-refractivity contribution >= 4 is 27.5 Å². The highest BCUT2D eigenvalue weighted by molar-refractivity contribution is 7.18. The quantitative estimate of drug-likeness (QED) is 0.788. The first-order chi connectivity index (χ1) is 11.2. The summed E-state index contributed by atoms with van der Waals surface area (Å²) in [7, 11) is 0. The number of nitrogens with one attached hydrogen (secondary N) is 1. The number of aromatic nitrogens is 2. The van der Waals surface area contributed by atoms with Crippen LogP contribution in [-0.4, -0.2) is 27.3 Å². The number of nitrogens with zero attached hydrogens (tertiary/aromatic N) is 2. The summed E-state index contributed by atoms with van der Waals surface area (Å²) in [5, 5.41) is 0.949. The number of aromatic amines is 1. The topological polar surface area (TPSA) is 66.1 Å². The number of carbonyl (C=O) groups is 1. The van der Waals surface area contributed by atoms with Crippen molar-refractivity contribution in [2.45, 2.75) is 18.9 Å². The lowest BCUT2D eigenvalue weighted by molar-refractivity contribution is 0.0733. The summed E-state index contributed by atoms with van der Waals surface area (Å²) >= 11 is 1.62. The fourth-order valence-corrected chi connectivity index (χ4v) is 4.16. The maximum atomic E-state index is 12.7. The molecule has 0 saturated carbocycles. The summed E-state index contributed by atoms with van der Waals surface area (Å²) in [4.78, 5) is 33.7. The summed E-state index contributed by atoms with van der Waals surface area (Å²) < 4.78 is 1.12. The number of hydrogen-bond donors (Lipinski definition) is 1. The predicted octanol–water partition coefficient (Wildman–Crippen LogP) is 2.96. The molecule has 1 saturated heterocycles. The van der Waals surface area contributed by atoms with Crippen molar-refractivity contribution in [3.63, 3.8) is 0 Å². The van der Waals surface area contributed by atoms with E-state index in [2.05, 4.69) is 9.97 Å². The third-order valence-corrected chi connectivity index (χ3v) is 5.30. The van der Waals surface area contributed by atoms with Gasteiger partial charge in [-0.15, -0.1) is 11.3 Å². The van der Waals surface area contributed by atoms with E-state index in [0.29, 0.717) is 6.54 Å². The number of likely N-dealkylation sites (tertiary alicyclic amines) is 1. The summed E-state index contributed by atoms with van der Waals surface area (Å²) in [5.41, 5.74) is 0.817. The fraction of sp³-hybridized carbons (Fsp3) is 0.235. The first-order valence-electron chi connectivity index (χ1n) is 7.58. The van der Waals surface area contributed by atoms with E-state index < -0.39 is 0 Å². The molecule has 1 N–H and O–H groups in total. The molecule has 0 spiro atoms. The highest BCUT2D eigenvalue weighted by Crippen LogP contribution is 2.36. The Kier molecular flexibility index (Phi) is 3.46. The van der Waals surface area contributed by atoms with Crippen molar-refractivity contribution in [2.24, 2.45) is 0 Å². The van der Waals surface area contributed by atoms with E-state index in [1.807, 2.05) is 24.3 Å². The van der Waals surface area contributed by atoms with Gasteiger partial charge < -0.3 is 9.88 Å². The lowest BCUT2D eigenvalue weighted by Gasteiger charge is -2.22. The normalized spacial score (nSPS) is 17.7. The highest BCUT2D eigenvalue weighted by atomic mass is 32.1. The number of thiazole rings is 1. The summed E-state index contributed by atoms with van der Waals surface area (Å²) in [5.74, 6) is -0.214. The van der Waals surface area contributed by atoms with Gasteiger partial charge in [0.15, 0.2) is 0 Å². The molecule has 1 aliphatic rings. The Balaban J connectivity index is 1.70. The highest BCUT2D eigenvalue weighted by Gasteiger charge is 2.33. The number of pyridine rings is 1. The smallest absolute Gasteiger partial charge is 0.260 e. The van der Waals surface area contributed by atoms with Crippen molar-refractivity contribution in [1.29, 1.82) is 0 Å². The van der Waals surface area contributed by atoms with Gasteiger partial charge in [0.1, 0.15) is 10.6 Å². The first-order valence-corrected chi connectivity index (χ1v) is 8.40. The third-order valence-electron chi connectivity index (χ3n) is 4.16. The molecular weight excluding hydrogens is 310 g/mol. The molecular formula is C17H15N3O2S. The van der Waals surface area contributed by atoms with Crippen LogP contribution in [0.25, 0.3) is 10.2 Å². The molecule has 0 unspecified atom stereocenters. The molecule has 1 aromatic carbocycles. The number of fused-ring (bicyclic) bond motifs is 1. The predicted molar refractivity (Wildman–Crippen MR) is 89.7 cm³/mol. The zero-order valence-electron chi connectivity index (χ0n) is 12.4. The van der Waals surface area contributed by atoms with E-state index >= 15 is 0 Å². The second kappa shape index (κ2) is 5.62. The maximum Gasteiger partial charge on any atom is 0.260 e. The van der Waals surface area contributed by atoms with E-state index in [-0.39, 0.29) is 23.1 Å². The van der Waals surface area contributed by atoms with Crippen LogP contribution in [0, 0.1) is 0 Å². The van der Waals surface area contributed by atoms with Crippen LogP contribution in [0.1, 0.15) is 34.2 Å². The molecule has 116 valence electrons. The minimum Gasteiger partial charge on any atom is -0.329 e. The largest absolute Gasteiger partial charge is 0.329 e. The van der Waals surface area contributed by atoms with Crippen molar-refractivity contribution in [2.75, 3.05) is 6.54 Å². The number of H-pyrrole nitrogens is 1. The number of rotatable bonds is 2. The molecule has 3 aromatic rings. The van der Waals surface area contributed by atoms with Crippen LogP contribution in [-0.2, 0) is 0 Å². The van der Waals surface area contributed by atoms with Gasteiger partial charge in [0.05, 0.1) is 16.3 Å². The van der Waals surface area contributed by atoms with Gasteiger partial charge in [0, 0.05) is 12.7 Å². The average Bonchev–Trinajstić information content (AvgIpc) is 3.21. The monoisotopic (exact) mass is 325 g/mol. The molecule has 3 heterocycles. The van der Waals surface area contributed by atoms with E-state index in [1.54, 1.807) is 28.4 Å². The molecule has 2 aromatic heterocycles. The lowest BCUT2D eigenvalue weighted by Crippen LogP contribution is -2.34. The van der Waals surface area contributed by atoms with E-state index in [0.717, 1.165) is 28.1 Å². The molecule has 1 atom stereocenters. The summed E-state index contributed by atoms with van der Waals surface area (Å²) in [6, 6.07) is 11.2. The van der Waals surface area contributed by atoms with Crippen LogP contribution < -0.4 is 5.56 Å². The van der Waals surface area contributed by atoms with Crippen LogP contribution >= 0.6 is 11.3 Å². The van der Waals surface area contributed by atoms with Crippen LogP contribution in [0.2, 0.25) is 0 Å². The zero-order valence-corrected chi connectivity index (χ0v) is 13.2. The molecule has 1 amide bonds. The Hall–Kier alpha value is -2.47. The fourth-order valence-electron chi connectivity index (χ4n) is 3.04. The zero-order chi connectivity index (χ0) is 15.8. The Morgan fingerprint density at radius 1 is 1.26 bits per heavy atom.